The molecule has 2 heterocycles. The van der Waals surface area contributed by atoms with Crippen molar-refractivity contribution in [1.29, 1.82) is 0 Å². The van der Waals surface area contributed by atoms with E-state index in [4.69, 9.17) is 4.74 Å². The molecular weight excluding hydrogens is 194 g/mol. The van der Waals surface area contributed by atoms with Crippen molar-refractivity contribution in [2.24, 2.45) is 0 Å². The van der Waals surface area contributed by atoms with E-state index >= 15 is 0 Å². The smallest absolute Gasteiger partial charge is 0.153 e. The first-order valence-electron chi connectivity index (χ1n) is 5.38. The lowest BCUT2D eigenvalue weighted by atomic mass is 10.1. The van der Waals surface area contributed by atoms with E-state index in [0.717, 1.165) is 38.2 Å². The summed E-state index contributed by atoms with van der Waals surface area (Å²) < 4.78 is 6.99. The van der Waals surface area contributed by atoms with Crippen LogP contribution >= 0.6 is 0 Å². The normalized spacial score (nSPS) is 18.2. The first-order valence-corrected chi connectivity index (χ1v) is 5.38. The maximum atomic E-state index is 5.04. The summed E-state index contributed by atoms with van der Waals surface area (Å²) in [7, 11) is 1.69. The second kappa shape index (κ2) is 5.18. The van der Waals surface area contributed by atoms with E-state index in [-0.39, 0.29) is 0 Å². The number of aromatic nitrogens is 4. The largest absolute Gasteiger partial charge is 0.384 e. The molecule has 0 amide bonds. The minimum absolute atomic E-state index is 0.452. The molecule has 0 saturated carbocycles. The molecule has 0 atom stereocenters. The highest BCUT2D eigenvalue weighted by Gasteiger charge is 2.19. The van der Waals surface area contributed by atoms with E-state index in [1.54, 1.807) is 7.11 Å². The third kappa shape index (κ3) is 2.51. The molecular formula is C9H17N5O. The molecule has 1 N–H and O–H groups in total. The van der Waals surface area contributed by atoms with Crippen molar-refractivity contribution in [3.63, 3.8) is 0 Å². The van der Waals surface area contributed by atoms with E-state index in [9.17, 15) is 0 Å². The first-order chi connectivity index (χ1) is 7.42. The number of rotatable bonds is 4. The van der Waals surface area contributed by atoms with E-state index in [1.165, 1.54) is 0 Å². The van der Waals surface area contributed by atoms with Gasteiger partial charge in [-0.2, -0.15) is 0 Å². The van der Waals surface area contributed by atoms with Gasteiger partial charge >= 0.3 is 0 Å². The van der Waals surface area contributed by atoms with E-state index < -0.39 is 0 Å². The Bertz CT molecular complexity index is 294. The van der Waals surface area contributed by atoms with E-state index in [1.807, 2.05) is 4.68 Å². The zero-order valence-corrected chi connectivity index (χ0v) is 9.02. The van der Waals surface area contributed by atoms with Crippen LogP contribution in [0.15, 0.2) is 0 Å². The van der Waals surface area contributed by atoms with Gasteiger partial charge in [0.2, 0.25) is 0 Å². The number of piperidine rings is 1. The van der Waals surface area contributed by atoms with Crippen molar-refractivity contribution < 1.29 is 4.74 Å². The second-order valence-corrected chi connectivity index (χ2v) is 3.76. The van der Waals surface area contributed by atoms with Crippen LogP contribution in [0.2, 0.25) is 0 Å². The summed E-state index contributed by atoms with van der Waals surface area (Å²) in [6, 6.07) is 0.452. The zero-order valence-electron chi connectivity index (χ0n) is 9.02. The lowest BCUT2D eigenvalue weighted by molar-refractivity contribution is 0.197. The maximum Gasteiger partial charge on any atom is 0.153 e. The fourth-order valence-corrected chi connectivity index (χ4v) is 1.91. The van der Waals surface area contributed by atoms with Gasteiger partial charge in [0.25, 0.3) is 0 Å². The van der Waals surface area contributed by atoms with Crippen molar-refractivity contribution in [2.75, 3.05) is 26.8 Å². The Morgan fingerprint density at radius 1 is 1.47 bits per heavy atom. The third-order valence-electron chi connectivity index (χ3n) is 2.75. The topological polar surface area (TPSA) is 64.9 Å². The van der Waals surface area contributed by atoms with Crippen molar-refractivity contribution in [2.45, 2.75) is 25.3 Å². The molecule has 84 valence electrons. The number of nitrogens with one attached hydrogen (secondary N) is 1. The number of ether oxygens (including phenoxy) is 1. The molecule has 0 aliphatic carbocycles. The van der Waals surface area contributed by atoms with Gasteiger partial charge in [-0.05, 0) is 36.4 Å². The fraction of sp³-hybridized carbons (Fsp3) is 0.889. The predicted molar refractivity (Wildman–Crippen MR) is 54.5 cm³/mol. The number of hydrogen-bond donors (Lipinski definition) is 1. The van der Waals surface area contributed by atoms with Gasteiger partial charge in [-0.15, -0.1) is 5.10 Å². The van der Waals surface area contributed by atoms with E-state index in [2.05, 4.69) is 20.8 Å². The van der Waals surface area contributed by atoms with Crippen LogP contribution in [0.25, 0.3) is 0 Å². The van der Waals surface area contributed by atoms with Gasteiger partial charge < -0.3 is 10.1 Å². The maximum absolute atomic E-state index is 5.04. The minimum Gasteiger partial charge on any atom is -0.384 e. The van der Waals surface area contributed by atoms with Crippen molar-refractivity contribution >= 4 is 0 Å². The molecule has 1 fully saturated rings. The van der Waals surface area contributed by atoms with Crippen LogP contribution in [-0.2, 0) is 11.2 Å². The summed E-state index contributed by atoms with van der Waals surface area (Å²) in [5.74, 6) is 0.934. The first kappa shape index (κ1) is 10.5. The number of tetrazole rings is 1. The molecule has 6 nitrogen and oxygen atoms in total. The molecule has 0 unspecified atom stereocenters. The quantitative estimate of drug-likeness (QED) is 0.746. The standard InChI is InChI=1S/C9H17N5O/c1-15-7-4-9-11-12-13-14(9)8-2-5-10-6-3-8/h8,10H,2-7H2,1H3. The van der Waals surface area contributed by atoms with Gasteiger partial charge in [-0.3, -0.25) is 0 Å². The SMILES string of the molecule is COCCc1nnnn1C1CCNCC1. The highest BCUT2D eigenvalue weighted by atomic mass is 16.5. The predicted octanol–water partition coefficient (Wildman–Crippen LogP) is -0.214. The Morgan fingerprint density at radius 3 is 3.00 bits per heavy atom. The average Bonchev–Trinajstić information content (AvgIpc) is 2.75. The molecule has 1 aromatic heterocycles. The number of nitrogens with zero attached hydrogens (tertiary/aromatic N) is 4. The zero-order chi connectivity index (χ0) is 10.5. The Morgan fingerprint density at radius 2 is 2.27 bits per heavy atom. The summed E-state index contributed by atoms with van der Waals surface area (Å²) in [5, 5.41) is 15.2. The average molecular weight is 211 g/mol. The van der Waals surface area contributed by atoms with Crippen LogP contribution in [0.4, 0.5) is 0 Å². The molecule has 2 rings (SSSR count). The third-order valence-corrected chi connectivity index (χ3v) is 2.75. The molecule has 0 radical (unpaired) electrons. The molecule has 1 saturated heterocycles. The van der Waals surface area contributed by atoms with Crippen LogP contribution in [-0.4, -0.2) is 47.0 Å². The van der Waals surface area contributed by atoms with Gasteiger partial charge in [0.05, 0.1) is 12.6 Å². The summed E-state index contributed by atoms with van der Waals surface area (Å²) in [4.78, 5) is 0. The van der Waals surface area contributed by atoms with Crippen LogP contribution in [0.3, 0.4) is 0 Å². The van der Waals surface area contributed by atoms with Crippen LogP contribution in [0.5, 0.6) is 0 Å². The summed E-state index contributed by atoms with van der Waals surface area (Å²) in [6.07, 6.45) is 2.99. The van der Waals surface area contributed by atoms with Crippen LogP contribution in [0, 0.1) is 0 Å². The second-order valence-electron chi connectivity index (χ2n) is 3.76. The Hall–Kier alpha value is -1.01. The molecule has 0 spiro atoms. The lowest BCUT2D eigenvalue weighted by Crippen LogP contribution is -2.30. The highest BCUT2D eigenvalue weighted by molar-refractivity contribution is 4.86. The van der Waals surface area contributed by atoms with Gasteiger partial charge in [0.15, 0.2) is 5.82 Å². The molecule has 0 aromatic carbocycles. The number of methoxy groups -OCH3 is 1. The highest BCUT2D eigenvalue weighted by Crippen LogP contribution is 2.18. The van der Waals surface area contributed by atoms with Crippen molar-refractivity contribution in [3.05, 3.63) is 5.82 Å². The van der Waals surface area contributed by atoms with Crippen molar-refractivity contribution in [3.8, 4) is 0 Å². The molecule has 1 aliphatic rings. The van der Waals surface area contributed by atoms with Crippen LogP contribution in [0.1, 0.15) is 24.7 Å². The van der Waals surface area contributed by atoms with Gasteiger partial charge in [0, 0.05) is 13.5 Å². The number of hydrogen-bond acceptors (Lipinski definition) is 5. The van der Waals surface area contributed by atoms with Gasteiger partial charge in [-0.1, -0.05) is 0 Å². The minimum atomic E-state index is 0.452. The summed E-state index contributed by atoms with van der Waals surface area (Å²) in [5.41, 5.74) is 0. The lowest BCUT2D eigenvalue weighted by Gasteiger charge is -2.23. The summed E-state index contributed by atoms with van der Waals surface area (Å²) in [6.45, 7) is 2.77. The molecule has 15 heavy (non-hydrogen) atoms. The van der Waals surface area contributed by atoms with Crippen LogP contribution < -0.4 is 5.32 Å². The van der Waals surface area contributed by atoms with Crippen molar-refractivity contribution in [1.82, 2.24) is 25.5 Å². The molecule has 1 aliphatic heterocycles. The Labute approximate surface area is 89.0 Å². The monoisotopic (exact) mass is 211 g/mol. The van der Waals surface area contributed by atoms with E-state index in [0.29, 0.717) is 12.6 Å². The fourth-order valence-electron chi connectivity index (χ4n) is 1.91. The summed E-state index contributed by atoms with van der Waals surface area (Å²) >= 11 is 0. The molecule has 1 aromatic rings. The van der Waals surface area contributed by atoms with Gasteiger partial charge in [0.1, 0.15) is 0 Å². The van der Waals surface area contributed by atoms with Gasteiger partial charge in [-0.25, -0.2) is 4.68 Å². The molecule has 6 heteroatoms. The molecule has 0 bridgehead atoms. The Kier molecular flexibility index (Phi) is 3.63. The Balaban J connectivity index is 2.02.